The number of carbonyl (C=O) groups excluding carboxylic acids is 2. The first kappa shape index (κ1) is 28.0. The third-order valence-electron chi connectivity index (χ3n) is 6.25. The molecular formula is C27H28F3N5O4. The van der Waals surface area contributed by atoms with Crippen molar-refractivity contribution in [3.63, 3.8) is 0 Å². The maximum Gasteiger partial charge on any atom is 0.446 e. The minimum absolute atomic E-state index is 0.278. The van der Waals surface area contributed by atoms with E-state index >= 15 is 0 Å². The topological polar surface area (TPSA) is 108 Å². The summed E-state index contributed by atoms with van der Waals surface area (Å²) >= 11 is 0. The number of benzene rings is 2. The second kappa shape index (κ2) is 12.7. The van der Waals surface area contributed by atoms with Crippen molar-refractivity contribution >= 4 is 18.1 Å². The SMILES string of the molecule is O=C(OCc1ccccc1)N1CCN(c2cccc(C(O)c3ncc4c(n3)CNC4)c2)CC1.O=CC(F)(F)F. The fraction of sp³-hybridized carbons (Fsp3) is 0.333. The fourth-order valence-corrected chi connectivity index (χ4v) is 4.20. The van der Waals surface area contributed by atoms with E-state index in [2.05, 4.69) is 20.2 Å². The summed E-state index contributed by atoms with van der Waals surface area (Å²) in [7, 11) is 0. The highest BCUT2D eigenvalue weighted by molar-refractivity contribution is 5.68. The van der Waals surface area contributed by atoms with E-state index in [4.69, 9.17) is 9.53 Å². The van der Waals surface area contributed by atoms with E-state index < -0.39 is 18.6 Å². The molecule has 2 N–H and O–H groups in total. The molecule has 12 heteroatoms. The van der Waals surface area contributed by atoms with Crippen molar-refractivity contribution in [2.45, 2.75) is 32.0 Å². The zero-order valence-corrected chi connectivity index (χ0v) is 21.0. The van der Waals surface area contributed by atoms with Gasteiger partial charge in [-0.15, -0.1) is 0 Å². The van der Waals surface area contributed by atoms with Gasteiger partial charge in [-0.2, -0.15) is 13.2 Å². The molecule has 1 saturated heterocycles. The average Bonchev–Trinajstić information content (AvgIpc) is 3.44. The monoisotopic (exact) mass is 543 g/mol. The Morgan fingerprint density at radius 1 is 1.08 bits per heavy atom. The van der Waals surface area contributed by atoms with Crippen LogP contribution in [0.25, 0.3) is 0 Å². The average molecular weight is 544 g/mol. The summed E-state index contributed by atoms with van der Waals surface area (Å²) in [5, 5.41) is 14.1. The molecule has 2 aliphatic rings. The van der Waals surface area contributed by atoms with Gasteiger partial charge in [-0.05, 0) is 23.3 Å². The van der Waals surface area contributed by atoms with Crippen molar-refractivity contribution in [3.8, 4) is 0 Å². The third kappa shape index (κ3) is 7.74. The van der Waals surface area contributed by atoms with Gasteiger partial charge in [-0.1, -0.05) is 42.5 Å². The molecule has 0 bridgehead atoms. The summed E-state index contributed by atoms with van der Waals surface area (Å²) in [4.78, 5) is 34.0. The van der Waals surface area contributed by atoms with Crippen molar-refractivity contribution in [1.29, 1.82) is 0 Å². The lowest BCUT2D eigenvalue weighted by Crippen LogP contribution is -2.49. The molecule has 1 aromatic heterocycles. The standard InChI is InChI=1S/C25H27N5O3.C2HF3O/c31-23(24-27-15-20-14-26-16-22(20)28-24)19-7-4-8-21(13-19)29-9-11-30(12-10-29)25(32)33-17-18-5-2-1-3-6-18;3-2(4,5)1-6/h1-8,13,15,23,26,31H,9-12,14,16-17H2;1H. The molecule has 3 heterocycles. The molecule has 9 nitrogen and oxygen atoms in total. The van der Waals surface area contributed by atoms with Gasteiger partial charge in [0.15, 0.2) is 5.82 Å². The molecule has 1 atom stereocenters. The van der Waals surface area contributed by atoms with Gasteiger partial charge in [0.2, 0.25) is 6.29 Å². The maximum absolute atomic E-state index is 12.4. The molecule has 2 aromatic carbocycles. The number of aliphatic hydroxyl groups excluding tert-OH is 1. The Hall–Kier alpha value is -4.03. The number of amides is 1. The highest BCUT2D eigenvalue weighted by atomic mass is 19.4. The van der Waals surface area contributed by atoms with Crippen LogP contribution in [0, 0.1) is 0 Å². The maximum atomic E-state index is 12.4. The van der Waals surface area contributed by atoms with Gasteiger partial charge in [-0.3, -0.25) is 4.79 Å². The number of nitrogens with one attached hydrogen (secondary N) is 1. The fourth-order valence-electron chi connectivity index (χ4n) is 4.20. The number of ether oxygens (including phenoxy) is 1. The van der Waals surface area contributed by atoms with E-state index in [9.17, 15) is 23.1 Å². The van der Waals surface area contributed by atoms with Crippen LogP contribution in [-0.2, 0) is 29.2 Å². The molecule has 0 radical (unpaired) electrons. The van der Waals surface area contributed by atoms with E-state index in [1.165, 1.54) is 0 Å². The Morgan fingerprint density at radius 2 is 1.79 bits per heavy atom. The summed E-state index contributed by atoms with van der Waals surface area (Å²) in [6.45, 7) is 4.31. The minimum atomic E-state index is -4.64. The number of aromatic nitrogens is 2. The Kier molecular flexibility index (Phi) is 9.10. The lowest BCUT2D eigenvalue weighted by atomic mass is 10.1. The number of nitrogens with zero attached hydrogens (tertiary/aromatic N) is 4. The first-order chi connectivity index (χ1) is 18.7. The van der Waals surface area contributed by atoms with Gasteiger partial charge in [-0.25, -0.2) is 14.8 Å². The number of aldehydes is 1. The molecule has 0 spiro atoms. The molecule has 1 amide bonds. The Bertz CT molecular complexity index is 1270. The number of rotatable bonds is 5. The zero-order valence-electron chi connectivity index (χ0n) is 21.0. The highest BCUT2D eigenvalue weighted by Crippen LogP contribution is 2.26. The van der Waals surface area contributed by atoms with Crippen LogP contribution in [-0.4, -0.2) is 64.7 Å². The summed E-state index contributed by atoms with van der Waals surface area (Å²) in [5.74, 6) is 0.417. The van der Waals surface area contributed by atoms with Crippen molar-refractivity contribution < 1.29 is 32.6 Å². The van der Waals surface area contributed by atoms with Gasteiger partial charge < -0.3 is 25.0 Å². The summed E-state index contributed by atoms with van der Waals surface area (Å²) in [5.41, 5.74) is 4.77. The minimum Gasteiger partial charge on any atom is -0.445 e. The first-order valence-electron chi connectivity index (χ1n) is 12.3. The Morgan fingerprint density at radius 3 is 2.49 bits per heavy atom. The van der Waals surface area contributed by atoms with E-state index in [-0.39, 0.29) is 12.7 Å². The number of hydrogen-bond donors (Lipinski definition) is 2. The molecule has 5 rings (SSSR count). The molecule has 0 aliphatic carbocycles. The second-order valence-electron chi connectivity index (χ2n) is 8.97. The Labute approximate surface area is 223 Å². The van der Waals surface area contributed by atoms with Crippen LogP contribution < -0.4 is 10.2 Å². The number of alkyl halides is 3. The molecule has 206 valence electrons. The number of halogens is 3. The number of fused-ring (bicyclic) bond motifs is 1. The van der Waals surface area contributed by atoms with E-state index in [1.54, 1.807) is 11.1 Å². The number of carbonyl (C=O) groups is 2. The number of aliphatic hydroxyl groups is 1. The molecule has 1 unspecified atom stereocenters. The van der Waals surface area contributed by atoms with Crippen LogP contribution in [0.2, 0.25) is 0 Å². The molecule has 0 saturated carbocycles. The van der Waals surface area contributed by atoms with Crippen LogP contribution in [0.3, 0.4) is 0 Å². The Balaban J connectivity index is 0.000000531. The molecular weight excluding hydrogens is 515 g/mol. The predicted octanol–water partition coefficient (Wildman–Crippen LogP) is 3.37. The summed E-state index contributed by atoms with van der Waals surface area (Å²) in [6.07, 6.45) is -5.08. The quantitative estimate of drug-likeness (QED) is 0.472. The summed E-state index contributed by atoms with van der Waals surface area (Å²) < 4.78 is 36.7. The van der Waals surface area contributed by atoms with Crippen LogP contribution in [0.1, 0.15) is 34.3 Å². The van der Waals surface area contributed by atoms with Gasteiger partial charge in [0.1, 0.15) is 12.7 Å². The number of hydrogen-bond acceptors (Lipinski definition) is 8. The molecule has 3 aromatic rings. The van der Waals surface area contributed by atoms with Crippen LogP contribution in [0.5, 0.6) is 0 Å². The van der Waals surface area contributed by atoms with Crippen molar-refractivity contribution in [2.24, 2.45) is 0 Å². The van der Waals surface area contributed by atoms with Gasteiger partial charge in [0.05, 0.1) is 5.69 Å². The van der Waals surface area contributed by atoms with Crippen molar-refractivity contribution in [1.82, 2.24) is 20.2 Å². The normalized spacial score (nSPS) is 15.6. The number of anilines is 1. The highest BCUT2D eigenvalue weighted by Gasteiger charge is 2.25. The molecule has 39 heavy (non-hydrogen) atoms. The van der Waals surface area contributed by atoms with Crippen LogP contribution >= 0.6 is 0 Å². The van der Waals surface area contributed by atoms with Gasteiger partial charge in [0.25, 0.3) is 0 Å². The van der Waals surface area contributed by atoms with E-state index in [0.29, 0.717) is 38.5 Å². The first-order valence-corrected chi connectivity index (χ1v) is 12.3. The lowest BCUT2D eigenvalue weighted by molar-refractivity contribution is -0.156. The summed E-state index contributed by atoms with van der Waals surface area (Å²) in [6, 6.07) is 17.5. The van der Waals surface area contributed by atoms with Crippen LogP contribution in [0.15, 0.2) is 60.8 Å². The third-order valence-corrected chi connectivity index (χ3v) is 6.25. The van der Waals surface area contributed by atoms with E-state index in [1.807, 2.05) is 54.6 Å². The smallest absolute Gasteiger partial charge is 0.445 e. The largest absolute Gasteiger partial charge is 0.446 e. The van der Waals surface area contributed by atoms with Crippen LogP contribution in [0.4, 0.5) is 23.7 Å². The van der Waals surface area contributed by atoms with Crippen molar-refractivity contribution in [3.05, 3.63) is 89.0 Å². The van der Waals surface area contributed by atoms with Gasteiger partial charge >= 0.3 is 12.3 Å². The molecule has 2 aliphatic heterocycles. The lowest BCUT2D eigenvalue weighted by Gasteiger charge is -2.35. The van der Waals surface area contributed by atoms with Gasteiger partial charge in [0, 0.05) is 56.7 Å². The zero-order chi connectivity index (χ0) is 27.8. The predicted molar refractivity (Wildman–Crippen MR) is 136 cm³/mol. The van der Waals surface area contributed by atoms with E-state index in [0.717, 1.165) is 34.6 Å². The second-order valence-corrected chi connectivity index (χ2v) is 8.97. The molecule has 1 fully saturated rings. The van der Waals surface area contributed by atoms with Crippen molar-refractivity contribution in [2.75, 3.05) is 31.1 Å². The number of piperazine rings is 1.